The van der Waals surface area contributed by atoms with Crippen LogP contribution >= 0.6 is 0 Å². The lowest BCUT2D eigenvalue weighted by Gasteiger charge is -2.45. The van der Waals surface area contributed by atoms with Gasteiger partial charge in [0.2, 0.25) is 0 Å². The van der Waals surface area contributed by atoms with Gasteiger partial charge in [0.15, 0.2) is 0 Å². The van der Waals surface area contributed by atoms with Crippen LogP contribution in [-0.2, 0) is 4.79 Å². The van der Waals surface area contributed by atoms with E-state index in [0.29, 0.717) is 6.04 Å². The molecule has 0 aliphatic carbocycles. The first-order chi connectivity index (χ1) is 7.25. The zero-order chi connectivity index (χ0) is 10.7. The summed E-state index contributed by atoms with van der Waals surface area (Å²) in [6.45, 7) is 4.54. The minimum absolute atomic E-state index is 0.286. The molecule has 1 unspecified atom stereocenters. The third-order valence-corrected chi connectivity index (χ3v) is 3.63. The minimum Gasteiger partial charge on any atom is -0.481 e. The maximum absolute atomic E-state index is 10.3. The van der Waals surface area contributed by atoms with E-state index in [0.717, 1.165) is 25.4 Å². The number of aliphatic carboxylic acids is 1. The Morgan fingerprint density at radius 1 is 1.40 bits per heavy atom. The van der Waals surface area contributed by atoms with Crippen LogP contribution in [0.15, 0.2) is 0 Å². The van der Waals surface area contributed by atoms with Gasteiger partial charge in [-0.15, -0.1) is 0 Å². The normalized spacial score (nSPS) is 34.3. The quantitative estimate of drug-likeness (QED) is 0.653. The van der Waals surface area contributed by atoms with Gasteiger partial charge in [-0.25, -0.2) is 0 Å². The SMILES string of the molecule is O=C(O)CCCNC1CN2CCC1CC2. The van der Waals surface area contributed by atoms with Gasteiger partial charge in [-0.05, 0) is 44.8 Å². The lowest BCUT2D eigenvalue weighted by molar-refractivity contribution is -0.137. The molecule has 0 saturated carbocycles. The van der Waals surface area contributed by atoms with Crippen LogP contribution in [0.4, 0.5) is 0 Å². The fraction of sp³-hybridized carbons (Fsp3) is 0.909. The van der Waals surface area contributed by atoms with E-state index in [4.69, 9.17) is 5.11 Å². The highest BCUT2D eigenvalue weighted by atomic mass is 16.4. The van der Waals surface area contributed by atoms with E-state index in [-0.39, 0.29) is 6.42 Å². The van der Waals surface area contributed by atoms with Crippen LogP contribution < -0.4 is 5.32 Å². The summed E-state index contributed by atoms with van der Waals surface area (Å²) in [5.41, 5.74) is 0. The smallest absolute Gasteiger partial charge is 0.303 e. The van der Waals surface area contributed by atoms with Gasteiger partial charge < -0.3 is 15.3 Å². The molecular formula is C11H20N2O2. The Hall–Kier alpha value is -0.610. The van der Waals surface area contributed by atoms with Gasteiger partial charge in [0.05, 0.1) is 0 Å². The van der Waals surface area contributed by atoms with Crippen molar-refractivity contribution >= 4 is 5.97 Å². The molecule has 3 fully saturated rings. The van der Waals surface area contributed by atoms with Gasteiger partial charge in [0.25, 0.3) is 0 Å². The van der Waals surface area contributed by atoms with Crippen molar-refractivity contribution in [2.24, 2.45) is 5.92 Å². The Balaban J connectivity index is 1.65. The summed E-state index contributed by atoms with van der Waals surface area (Å²) in [4.78, 5) is 12.9. The Morgan fingerprint density at radius 3 is 2.67 bits per heavy atom. The number of hydrogen-bond acceptors (Lipinski definition) is 3. The Kier molecular flexibility index (Phi) is 3.59. The molecule has 2 bridgehead atoms. The van der Waals surface area contributed by atoms with E-state index in [9.17, 15) is 4.79 Å². The highest BCUT2D eigenvalue weighted by molar-refractivity contribution is 5.66. The first-order valence-electron chi connectivity index (χ1n) is 5.93. The summed E-state index contributed by atoms with van der Waals surface area (Å²) in [6, 6.07) is 0.612. The van der Waals surface area contributed by atoms with E-state index in [2.05, 4.69) is 10.2 Å². The number of nitrogens with one attached hydrogen (secondary N) is 1. The summed E-state index contributed by atoms with van der Waals surface area (Å²) in [7, 11) is 0. The molecule has 3 rings (SSSR count). The third-order valence-electron chi connectivity index (χ3n) is 3.63. The first kappa shape index (κ1) is 10.9. The molecule has 3 aliphatic rings. The number of carboxylic acids is 1. The summed E-state index contributed by atoms with van der Waals surface area (Å²) < 4.78 is 0. The molecule has 86 valence electrons. The molecule has 3 heterocycles. The number of hydrogen-bond donors (Lipinski definition) is 2. The monoisotopic (exact) mass is 212 g/mol. The van der Waals surface area contributed by atoms with Gasteiger partial charge in [-0.1, -0.05) is 0 Å². The average Bonchev–Trinajstić information content (AvgIpc) is 2.26. The zero-order valence-corrected chi connectivity index (χ0v) is 9.11. The van der Waals surface area contributed by atoms with Crippen LogP contribution in [-0.4, -0.2) is 48.2 Å². The summed E-state index contributed by atoms with van der Waals surface area (Å²) in [6.07, 6.45) is 3.67. The molecular weight excluding hydrogens is 192 g/mol. The molecule has 0 aromatic carbocycles. The molecule has 0 aromatic rings. The number of fused-ring (bicyclic) bond motifs is 3. The van der Waals surface area contributed by atoms with Crippen LogP contribution in [0.5, 0.6) is 0 Å². The van der Waals surface area contributed by atoms with E-state index >= 15 is 0 Å². The van der Waals surface area contributed by atoms with Crippen LogP contribution in [0.2, 0.25) is 0 Å². The second kappa shape index (κ2) is 4.94. The minimum atomic E-state index is -0.689. The maximum atomic E-state index is 10.3. The van der Waals surface area contributed by atoms with Crippen LogP contribution in [0.1, 0.15) is 25.7 Å². The van der Waals surface area contributed by atoms with E-state index < -0.39 is 5.97 Å². The van der Waals surface area contributed by atoms with Crippen molar-refractivity contribution in [3.63, 3.8) is 0 Å². The second-order valence-electron chi connectivity index (χ2n) is 4.70. The van der Waals surface area contributed by atoms with Crippen molar-refractivity contribution in [1.82, 2.24) is 10.2 Å². The van der Waals surface area contributed by atoms with Crippen molar-refractivity contribution in [3.05, 3.63) is 0 Å². The number of nitrogens with zero attached hydrogens (tertiary/aromatic N) is 1. The predicted octanol–water partition coefficient (Wildman–Crippen LogP) is 0.535. The first-order valence-corrected chi connectivity index (χ1v) is 5.93. The van der Waals surface area contributed by atoms with E-state index in [1.54, 1.807) is 0 Å². The Labute approximate surface area is 90.6 Å². The molecule has 4 nitrogen and oxygen atoms in total. The molecule has 4 heteroatoms. The largest absolute Gasteiger partial charge is 0.481 e. The molecule has 0 radical (unpaired) electrons. The third kappa shape index (κ3) is 2.92. The lowest BCUT2D eigenvalue weighted by atomic mass is 9.84. The number of piperidine rings is 3. The van der Waals surface area contributed by atoms with Gasteiger partial charge >= 0.3 is 5.97 Å². The maximum Gasteiger partial charge on any atom is 0.303 e. The summed E-state index contributed by atoms with van der Waals surface area (Å²) in [5, 5.41) is 12.0. The molecule has 1 atom stereocenters. The number of carboxylic acid groups (broad SMARTS) is 1. The van der Waals surface area contributed by atoms with Gasteiger partial charge in [-0.2, -0.15) is 0 Å². The van der Waals surface area contributed by atoms with Crippen LogP contribution in [0.3, 0.4) is 0 Å². The van der Waals surface area contributed by atoms with Crippen molar-refractivity contribution in [2.75, 3.05) is 26.2 Å². The predicted molar refractivity (Wildman–Crippen MR) is 57.8 cm³/mol. The van der Waals surface area contributed by atoms with Crippen molar-refractivity contribution < 1.29 is 9.90 Å². The molecule has 3 aliphatic heterocycles. The summed E-state index contributed by atoms with van der Waals surface area (Å²) in [5.74, 6) is 0.144. The molecule has 0 spiro atoms. The average molecular weight is 212 g/mol. The number of carbonyl (C=O) groups is 1. The fourth-order valence-corrected chi connectivity index (χ4v) is 2.72. The highest BCUT2D eigenvalue weighted by Crippen LogP contribution is 2.27. The molecule has 2 N–H and O–H groups in total. The van der Waals surface area contributed by atoms with Gasteiger partial charge in [0.1, 0.15) is 0 Å². The van der Waals surface area contributed by atoms with E-state index in [1.807, 2.05) is 0 Å². The van der Waals surface area contributed by atoms with Crippen LogP contribution in [0.25, 0.3) is 0 Å². The standard InChI is InChI=1S/C11H20N2O2/c14-11(15)2-1-5-12-10-8-13-6-3-9(10)4-7-13/h9-10,12H,1-8H2,(H,14,15). The van der Waals surface area contributed by atoms with Gasteiger partial charge in [0, 0.05) is 19.0 Å². The lowest BCUT2D eigenvalue weighted by Crippen LogP contribution is -2.56. The molecule has 0 amide bonds. The fourth-order valence-electron chi connectivity index (χ4n) is 2.72. The van der Waals surface area contributed by atoms with Crippen LogP contribution in [0, 0.1) is 5.92 Å². The Bertz CT molecular complexity index is 225. The topological polar surface area (TPSA) is 52.6 Å². The van der Waals surface area contributed by atoms with Crippen molar-refractivity contribution in [1.29, 1.82) is 0 Å². The summed E-state index contributed by atoms with van der Waals surface area (Å²) >= 11 is 0. The molecule has 3 saturated heterocycles. The van der Waals surface area contributed by atoms with Crippen molar-refractivity contribution in [3.8, 4) is 0 Å². The number of rotatable bonds is 5. The zero-order valence-electron chi connectivity index (χ0n) is 9.11. The van der Waals surface area contributed by atoms with Crippen molar-refractivity contribution in [2.45, 2.75) is 31.7 Å². The van der Waals surface area contributed by atoms with Gasteiger partial charge in [-0.3, -0.25) is 4.79 Å². The van der Waals surface area contributed by atoms with E-state index in [1.165, 1.54) is 25.9 Å². The molecule has 0 aromatic heterocycles. The highest BCUT2D eigenvalue weighted by Gasteiger charge is 2.33. The Morgan fingerprint density at radius 2 is 2.13 bits per heavy atom. The molecule has 15 heavy (non-hydrogen) atoms. The second-order valence-corrected chi connectivity index (χ2v) is 4.70.